The van der Waals surface area contributed by atoms with E-state index >= 15 is 0 Å². The van der Waals surface area contributed by atoms with E-state index in [2.05, 4.69) is 5.32 Å². The second kappa shape index (κ2) is 6.85. The van der Waals surface area contributed by atoms with Gasteiger partial charge in [0.05, 0.1) is 5.69 Å². The molecule has 5 heteroatoms. The molecule has 0 aliphatic carbocycles. The Labute approximate surface area is 143 Å². The Balaban J connectivity index is 2.02. The number of anilines is 1. The number of phenolic OH excluding ortho intramolecular Hbond substituents is 1. The summed E-state index contributed by atoms with van der Waals surface area (Å²) in [5.74, 6) is -1.40. The van der Waals surface area contributed by atoms with Crippen LogP contribution in [0.25, 0.3) is 16.8 Å². The number of hydrogen-bond donors (Lipinski definition) is 2. The van der Waals surface area contributed by atoms with Gasteiger partial charge in [0.1, 0.15) is 23.2 Å². The van der Waals surface area contributed by atoms with E-state index in [4.69, 9.17) is 0 Å². The number of fused-ring (bicyclic) bond motifs is 1. The average Bonchev–Trinajstić information content (AvgIpc) is 2.63. The molecule has 0 atom stereocenters. The van der Waals surface area contributed by atoms with Crippen LogP contribution in [0.2, 0.25) is 0 Å². The molecule has 0 fully saturated rings. The minimum absolute atomic E-state index is 0.0178. The molecular formula is C20H13FN2O2. The van der Waals surface area contributed by atoms with Crippen molar-refractivity contribution in [1.82, 2.24) is 0 Å². The fraction of sp³-hybridized carbons (Fsp3) is 0. The van der Waals surface area contributed by atoms with Gasteiger partial charge in [0, 0.05) is 5.56 Å². The Bertz CT molecular complexity index is 1040. The molecule has 0 bridgehead atoms. The minimum Gasteiger partial charge on any atom is -0.507 e. The van der Waals surface area contributed by atoms with Crippen molar-refractivity contribution >= 4 is 28.4 Å². The largest absolute Gasteiger partial charge is 0.507 e. The number of rotatable bonds is 3. The van der Waals surface area contributed by atoms with E-state index in [1.54, 1.807) is 30.3 Å². The first kappa shape index (κ1) is 16.2. The predicted octanol–water partition coefficient (Wildman–Crippen LogP) is 4.23. The molecule has 3 aromatic rings. The smallest absolute Gasteiger partial charge is 0.266 e. The Morgan fingerprint density at radius 1 is 1.08 bits per heavy atom. The van der Waals surface area contributed by atoms with Gasteiger partial charge in [0.2, 0.25) is 0 Å². The number of nitriles is 1. The Morgan fingerprint density at radius 2 is 1.80 bits per heavy atom. The highest BCUT2D eigenvalue weighted by Crippen LogP contribution is 2.29. The van der Waals surface area contributed by atoms with Crippen LogP contribution in [-0.4, -0.2) is 11.0 Å². The molecule has 0 radical (unpaired) electrons. The van der Waals surface area contributed by atoms with E-state index in [-0.39, 0.29) is 17.0 Å². The third-order valence-corrected chi connectivity index (χ3v) is 3.72. The minimum atomic E-state index is -0.750. The second-order valence-electron chi connectivity index (χ2n) is 5.32. The van der Waals surface area contributed by atoms with Gasteiger partial charge in [-0.05, 0) is 35.0 Å². The van der Waals surface area contributed by atoms with E-state index < -0.39 is 11.7 Å². The molecule has 0 saturated heterocycles. The molecule has 4 nitrogen and oxygen atoms in total. The molecule has 0 unspecified atom stereocenters. The maximum atomic E-state index is 13.7. The first-order chi connectivity index (χ1) is 12.1. The normalized spacial score (nSPS) is 11.1. The Hall–Kier alpha value is -3.65. The highest BCUT2D eigenvalue weighted by Gasteiger charge is 2.14. The molecule has 0 saturated carbocycles. The summed E-state index contributed by atoms with van der Waals surface area (Å²) in [5.41, 5.74) is 0.101. The molecule has 25 heavy (non-hydrogen) atoms. The van der Waals surface area contributed by atoms with E-state index in [1.807, 2.05) is 12.1 Å². The third kappa shape index (κ3) is 3.33. The number of para-hydroxylation sites is 1. The van der Waals surface area contributed by atoms with Crippen molar-refractivity contribution in [1.29, 1.82) is 5.26 Å². The molecule has 0 aliphatic heterocycles. The summed E-state index contributed by atoms with van der Waals surface area (Å²) in [6, 6.07) is 18.0. The monoisotopic (exact) mass is 332 g/mol. The maximum Gasteiger partial charge on any atom is 0.266 e. The van der Waals surface area contributed by atoms with Gasteiger partial charge >= 0.3 is 0 Å². The molecule has 0 aliphatic rings. The SMILES string of the molecule is N#C/C(=C\c1c(O)ccc2ccccc12)C(=O)Nc1ccccc1F. The van der Waals surface area contributed by atoms with Gasteiger partial charge in [-0.2, -0.15) is 5.26 Å². The molecule has 0 aromatic heterocycles. The van der Waals surface area contributed by atoms with Crippen molar-refractivity contribution < 1.29 is 14.3 Å². The van der Waals surface area contributed by atoms with Crippen molar-refractivity contribution in [2.45, 2.75) is 0 Å². The quantitative estimate of drug-likeness (QED) is 0.557. The standard InChI is InChI=1S/C20H13FN2O2/c21-17-7-3-4-8-18(17)23-20(25)14(12-22)11-16-15-6-2-1-5-13(15)9-10-19(16)24/h1-11,24H,(H,23,25)/b14-11+. The van der Waals surface area contributed by atoms with Crippen LogP contribution in [0.5, 0.6) is 5.75 Å². The van der Waals surface area contributed by atoms with Crippen molar-refractivity contribution in [3.8, 4) is 11.8 Å². The van der Waals surface area contributed by atoms with E-state index in [0.717, 1.165) is 5.39 Å². The number of hydrogen-bond acceptors (Lipinski definition) is 3. The molecule has 1 amide bonds. The van der Waals surface area contributed by atoms with Crippen molar-refractivity contribution in [3.05, 3.63) is 77.6 Å². The van der Waals surface area contributed by atoms with E-state index in [9.17, 15) is 19.6 Å². The summed E-state index contributed by atoms with van der Waals surface area (Å²) in [5, 5.41) is 23.4. The summed E-state index contributed by atoms with van der Waals surface area (Å²) in [7, 11) is 0. The van der Waals surface area contributed by atoms with Crippen molar-refractivity contribution in [3.63, 3.8) is 0 Å². The third-order valence-electron chi connectivity index (χ3n) is 3.72. The zero-order chi connectivity index (χ0) is 17.8. The molecule has 3 aromatic carbocycles. The molecule has 2 N–H and O–H groups in total. The lowest BCUT2D eigenvalue weighted by Crippen LogP contribution is -2.14. The van der Waals surface area contributed by atoms with Crippen LogP contribution in [0.1, 0.15) is 5.56 Å². The fourth-order valence-electron chi connectivity index (χ4n) is 2.48. The van der Waals surface area contributed by atoms with Gasteiger partial charge in [-0.3, -0.25) is 4.79 Å². The van der Waals surface area contributed by atoms with Crippen molar-refractivity contribution in [2.24, 2.45) is 0 Å². The number of halogens is 1. The van der Waals surface area contributed by atoms with Crippen LogP contribution in [0, 0.1) is 17.1 Å². The Morgan fingerprint density at radius 3 is 2.56 bits per heavy atom. The summed E-state index contributed by atoms with van der Waals surface area (Å²) in [6.07, 6.45) is 1.30. The summed E-state index contributed by atoms with van der Waals surface area (Å²) in [6.45, 7) is 0. The van der Waals surface area contributed by atoms with Gasteiger partial charge < -0.3 is 10.4 Å². The lowest BCUT2D eigenvalue weighted by molar-refractivity contribution is -0.112. The van der Waals surface area contributed by atoms with Gasteiger partial charge in [0.15, 0.2) is 0 Å². The van der Waals surface area contributed by atoms with E-state index in [1.165, 1.54) is 30.3 Å². The van der Waals surface area contributed by atoms with Crippen molar-refractivity contribution in [2.75, 3.05) is 5.32 Å². The topological polar surface area (TPSA) is 73.1 Å². The number of nitrogens with zero attached hydrogens (tertiary/aromatic N) is 1. The molecule has 122 valence electrons. The highest BCUT2D eigenvalue weighted by atomic mass is 19.1. The number of benzene rings is 3. The zero-order valence-corrected chi connectivity index (χ0v) is 13.0. The summed E-state index contributed by atoms with van der Waals surface area (Å²) < 4.78 is 13.7. The first-order valence-electron chi connectivity index (χ1n) is 7.48. The number of amides is 1. The first-order valence-corrected chi connectivity index (χ1v) is 7.48. The summed E-state index contributed by atoms with van der Waals surface area (Å²) >= 11 is 0. The second-order valence-corrected chi connectivity index (χ2v) is 5.32. The summed E-state index contributed by atoms with van der Waals surface area (Å²) in [4.78, 5) is 12.3. The van der Waals surface area contributed by atoms with Gasteiger partial charge in [-0.25, -0.2) is 4.39 Å². The molecule has 0 spiro atoms. The van der Waals surface area contributed by atoms with Gasteiger partial charge in [0.25, 0.3) is 5.91 Å². The molecular weight excluding hydrogens is 319 g/mol. The zero-order valence-electron chi connectivity index (χ0n) is 13.0. The average molecular weight is 332 g/mol. The van der Waals surface area contributed by atoms with E-state index in [0.29, 0.717) is 10.9 Å². The lowest BCUT2D eigenvalue weighted by atomic mass is 10.0. The van der Waals surface area contributed by atoms with Crippen LogP contribution in [0.15, 0.2) is 66.2 Å². The van der Waals surface area contributed by atoms with Crippen LogP contribution in [0.3, 0.4) is 0 Å². The maximum absolute atomic E-state index is 13.7. The number of nitrogens with one attached hydrogen (secondary N) is 1. The fourth-order valence-corrected chi connectivity index (χ4v) is 2.48. The highest BCUT2D eigenvalue weighted by molar-refractivity contribution is 6.11. The number of phenols is 1. The molecule has 0 heterocycles. The number of carbonyl (C=O) groups excluding carboxylic acids is 1. The lowest BCUT2D eigenvalue weighted by Gasteiger charge is -2.08. The number of aromatic hydroxyl groups is 1. The number of carbonyl (C=O) groups is 1. The van der Waals surface area contributed by atoms with Gasteiger partial charge in [-0.15, -0.1) is 0 Å². The van der Waals surface area contributed by atoms with Crippen LogP contribution in [0.4, 0.5) is 10.1 Å². The van der Waals surface area contributed by atoms with Crippen LogP contribution < -0.4 is 5.32 Å². The van der Waals surface area contributed by atoms with Gasteiger partial charge in [-0.1, -0.05) is 42.5 Å². The predicted molar refractivity (Wildman–Crippen MR) is 94.2 cm³/mol. The molecule has 3 rings (SSSR count). The van der Waals surface area contributed by atoms with Crippen LogP contribution >= 0.6 is 0 Å². The Kier molecular flexibility index (Phi) is 4.44. The van der Waals surface area contributed by atoms with Crippen LogP contribution in [-0.2, 0) is 4.79 Å².